The van der Waals surface area contributed by atoms with Crippen molar-refractivity contribution in [3.8, 4) is 18.0 Å². The third-order valence-corrected chi connectivity index (χ3v) is 3.49. The fraction of sp³-hybridized carbons (Fsp3) is 0.400. The molecule has 0 aliphatic carbocycles. The molecule has 0 unspecified atom stereocenters. The van der Waals surface area contributed by atoms with Gasteiger partial charge in [-0.25, -0.2) is 4.98 Å². The SMILES string of the molecule is Cc1ccc(=O)[nH]c1.Cc1ccc(OCCCC#N)nc1.N#CCCCBr. The van der Waals surface area contributed by atoms with Crippen molar-refractivity contribution >= 4 is 15.9 Å². The summed E-state index contributed by atoms with van der Waals surface area (Å²) in [5.74, 6) is 0.628. The zero-order chi connectivity index (χ0) is 20.3. The van der Waals surface area contributed by atoms with Crippen molar-refractivity contribution in [3.63, 3.8) is 0 Å². The van der Waals surface area contributed by atoms with Gasteiger partial charge in [0.2, 0.25) is 11.4 Å². The number of aromatic nitrogens is 2. The van der Waals surface area contributed by atoms with Crippen LogP contribution in [0.2, 0.25) is 0 Å². The summed E-state index contributed by atoms with van der Waals surface area (Å²) in [5, 5.41) is 17.2. The smallest absolute Gasteiger partial charge is 0.247 e. The maximum absolute atomic E-state index is 10.4. The van der Waals surface area contributed by atoms with Gasteiger partial charge >= 0.3 is 0 Å². The first-order chi connectivity index (χ1) is 13.0. The zero-order valence-corrected chi connectivity index (χ0v) is 17.3. The molecule has 2 heterocycles. The number of nitrogens with one attached hydrogen (secondary N) is 1. The van der Waals surface area contributed by atoms with Crippen LogP contribution in [-0.2, 0) is 0 Å². The third kappa shape index (κ3) is 15.3. The van der Waals surface area contributed by atoms with Crippen LogP contribution in [0.1, 0.15) is 36.8 Å². The minimum Gasteiger partial charge on any atom is -0.478 e. The molecule has 0 atom stereocenters. The maximum Gasteiger partial charge on any atom is 0.247 e. The normalized spacial score (nSPS) is 8.78. The number of pyridine rings is 2. The highest BCUT2D eigenvalue weighted by Gasteiger charge is 1.93. The van der Waals surface area contributed by atoms with Gasteiger partial charge in [0, 0.05) is 42.7 Å². The molecule has 0 radical (unpaired) electrons. The molecule has 2 aromatic rings. The van der Waals surface area contributed by atoms with Gasteiger partial charge in [0.05, 0.1) is 18.7 Å². The van der Waals surface area contributed by atoms with Crippen molar-refractivity contribution in [2.24, 2.45) is 0 Å². The summed E-state index contributed by atoms with van der Waals surface area (Å²) in [4.78, 5) is 17.0. The largest absolute Gasteiger partial charge is 0.478 e. The van der Waals surface area contributed by atoms with Gasteiger partial charge in [-0.15, -0.1) is 0 Å². The Kier molecular flexibility index (Phi) is 15.2. The molecule has 0 aliphatic heterocycles. The molecule has 6 nitrogen and oxygen atoms in total. The number of H-pyrrole nitrogens is 1. The number of aryl methyl sites for hydroxylation is 2. The van der Waals surface area contributed by atoms with Gasteiger partial charge in [-0.3, -0.25) is 4.79 Å². The fourth-order valence-corrected chi connectivity index (χ4v) is 1.78. The average molecular weight is 433 g/mol. The number of nitrogens with zero attached hydrogens (tertiary/aromatic N) is 3. The summed E-state index contributed by atoms with van der Waals surface area (Å²) < 4.78 is 5.30. The molecule has 0 amide bonds. The molecule has 0 saturated carbocycles. The Morgan fingerprint density at radius 3 is 2.19 bits per heavy atom. The number of ether oxygens (including phenoxy) is 1. The Labute approximate surface area is 169 Å². The molecular weight excluding hydrogens is 408 g/mol. The van der Waals surface area contributed by atoms with Crippen molar-refractivity contribution in [1.82, 2.24) is 9.97 Å². The molecule has 1 N–H and O–H groups in total. The number of unbranched alkanes of at least 4 members (excludes halogenated alkanes) is 2. The Hall–Kier alpha value is -2.64. The number of aromatic amines is 1. The quantitative estimate of drug-likeness (QED) is 0.536. The molecule has 0 aliphatic rings. The molecule has 2 aromatic heterocycles. The topological polar surface area (TPSA) is 103 Å². The lowest BCUT2D eigenvalue weighted by Gasteiger charge is -2.02. The molecule has 144 valence electrons. The molecule has 0 aromatic carbocycles. The van der Waals surface area contributed by atoms with E-state index in [0.29, 0.717) is 25.3 Å². The maximum atomic E-state index is 10.4. The standard InChI is InChI=1S/C10H12N2O.C6H7NO.C4H6BrN/c1-9-4-5-10(12-8-9)13-7-3-2-6-11;1-5-2-3-6(8)7-4-5;5-3-1-2-4-6/h4-5,8H,2-3,7H2,1H3;2-4H,1H3,(H,7,8);1-3H2. The first-order valence-electron chi connectivity index (χ1n) is 8.54. The van der Waals surface area contributed by atoms with E-state index < -0.39 is 0 Å². The van der Waals surface area contributed by atoms with Crippen LogP contribution in [0.5, 0.6) is 5.88 Å². The van der Waals surface area contributed by atoms with E-state index in [1.54, 1.807) is 18.5 Å². The summed E-state index contributed by atoms with van der Waals surface area (Å²) in [7, 11) is 0. The lowest BCUT2D eigenvalue weighted by molar-refractivity contribution is 0.301. The second-order valence-corrected chi connectivity index (χ2v) is 6.26. The minimum absolute atomic E-state index is 0.0457. The Morgan fingerprint density at radius 1 is 1.07 bits per heavy atom. The molecule has 2 rings (SSSR count). The Balaban J connectivity index is 0.000000413. The van der Waals surface area contributed by atoms with E-state index >= 15 is 0 Å². The highest BCUT2D eigenvalue weighted by Crippen LogP contribution is 2.06. The van der Waals surface area contributed by atoms with Crippen LogP contribution in [0.25, 0.3) is 0 Å². The van der Waals surface area contributed by atoms with E-state index in [-0.39, 0.29) is 5.56 Å². The minimum atomic E-state index is -0.0457. The molecule has 27 heavy (non-hydrogen) atoms. The van der Waals surface area contributed by atoms with Crippen molar-refractivity contribution in [2.45, 2.75) is 39.5 Å². The highest BCUT2D eigenvalue weighted by atomic mass is 79.9. The first-order valence-corrected chi connectivity index (χ1v) is 9.66. The number of hydrogen-bond donors (Lipinski definition) is 1. The van der Waals surface area contributed by atoms with Crippen molar-refractivity contribution in [2.75, 3.05) is 11.9 Å². The summed E-state index contributed by atoms with van der Waals surface area (Å²) >= 11 is 3.20. The molecule has 0 fully saturated rings. The lowest BCUT2D eigenvalue weighted by Crippen LogP contribution is -2.00. The van der Waals surface area contributed by atoms with Crippen LogP contribution in [-0.4, -0.2) is 21.9 Å². The van der Waals surface area contributed by atoms with Gasteiger partial charge < -0.3 is 9.72 Å². The van der Waals surface area contributed by atoms with Gasteiger partial charge in [0.15, 0.2) is 0 Å². The van der Waals surface area contributed by atoms with E-state index in [0.717, 1.165) is 29.3 Å². The number of rotatable bonds is 6. The van der Waals surface area contributed by atoms with Crippen LogP contribution in [0.15, 0.2) is 41.5 Å². The number of alkyl halides is 1. The first kappa shape index (κ1) is 24.4. The van der Waals surface area contributed by atoms with Crippen LogP contribution in [0.3, 0.4) is 0 Å². The van der Waals surface area contributed by atoms with Gasteiger partial charge in [0.1, 0.15) is 0 Å². The van der Waals surface area contributed by atoms with Crippen molar-refractivity contribution in [3.05, 3.63) is 58.1 Å². The fourth-order valence-electron chi connectivity index (χ4n) is 1.50. The Bertz CT molecular complexity index is 741. The van der Waals surface area contributed by atoms with E-state index in [9.17, 15) is 4.79 Å². The highest BCUT2D eigenvalue weighted by molar-refractivity contribution is 9.09. The van der Waals surface area contributed by atoms with Gasteiger partial charge in [0.25, 0.3) is 0 Å². The molecule has 0 saturated heterocycles. The molecule has 7 heteroatoms. The summed E-state index contributed by atoms with van der Waals surface area (Å²) in [6.45, 7) is 4.46. The molecule has 0 bridgehead atoms. The van der Waals surface area contributed by atoms with Crippen LogP contribution >= 0.6 is 15.9 Å². The zero-order valence-electron chi connectivity index (χ0n) is 15.7. The van der Waals surface area contributed by atoms with E-state index in [2.05, 4.69) is 32.0 Å². The average Bonchev–Trinajstić information content (AvgIpc) is 2.68. The number of halogens is 1. The number of hydrogen-bond acceptors (Lipinski definition) is 5. The monoisotopic (exact) mass is 432 g/mol. The Morgan fingerprint density at radius 2 is 1.74 bits per heavy atom. The second kappa shape index (κ2) is 16.8. The van der Waals surface area contributed by atoms with Crippen molar-refractivity contribution < 1.29 is 4.74 Å². The van der Waals surface area contributed by atoms with E-state index in [1.165, 1.54) is 6.07 Å². The van der Waals surface area contributed by atoms with E-state index in [1.807, 2.05) is 32.0 Å². The summed E-state index contributed by atoms with van der Waals surface area (Å²) in [6.07, 6.45) is 6.38. The van der Waals surface area contributed by atoms with Gasteiger partial charge in [-0.1, -0.05) is 28.1 Å². The number of nitriles is 2. The van der Waals surface area contributed by atoms with E-state index in [4.69, 9.17) is 15.3 Å². The summed E-state index contributed by atoms with van der Waals surface area (Å²) in [6, 6.07) is 11.2. The predicted molar refractivity (Wildman–Crippen MR) is 110 cm³/mol. The van der Waals surface area contributed by atoms with Crippen LogP contribution in [0, 0.1) is 36.5 Å². The van der Waals surface area contributed by atoms with Crippen LogP contribution < -0.4 is 10.3 Å². The molecule has 0 spiro atoms. The van der Waals surface area contributed by atoms with Crippen molar-refractivity contribution in [1.29, 1.82) is 10.5 Å². The predicted octanol–water partition coefficient (Wildman–Crippen LogP) is 4.44. The van der Waals surface area contributed by atoms with Crippen LogP contribution in [0.4, 0.5) is 0 Å². The lowest BCUT2D eigenvalue weighted by atomic mass is 10.3. The third-order valence-electron chi connectivity index (χ3n) is 2.93. The van der Waals surface area contributed by atoms with Gasteiger partial charge in [-0.2, -0.15) is 10.5 Å². The second-order valence-electron chi connectivity index (χ2n) is 5.46. The van der Waals surface area contributed by atoms with Gasteiger partial charge in [-0.05, 0) is 37.8 Å². The molecular formula is C20H25BrN4O2. The summed E-state index contributed by atoms with van der Waals surface area (Å²) in [5.41, 5.74) is 2.14.